The average molecular weight is 479 g/mol. The van der Waals surface area contributed by atoms with Gasteiger partial charge in [-0.2, -0.15) is 0 Å². The van der Waals surface area contributed by atoms with Crippen molar-refractivity contribution < 1.29 is 8.78 Å². The van der Waals surface area contributed by atoms with Crippen LogP contribution in [0, 0.1) is 0 Å². The predicted octanol–water partition coefficient (Wildman–Crippen LogP) is 3.52. The Morgan fingerprint density at radius 1 is 0.914 bits per heavy atom. The first kappa shape index (κ1) is 22.1. The fraction of sp³-hybridized carbons (Fsp3) is 0.440. The van der Waals surface area contributed by atoms with E-state index in [1.807, 2.05) is 18.5 Å². The van der Waals surface area contributed by atoms with Crippen molar-refractivity contribution in [2.75, 3.05) is 31.1 Å². The summed E-state index contributed by atoms with van der Waals surface area (Å²) in [4.78, 5) is 13.2. The van der Waals surface area contributed by atoms with Gasteiger partial charge in [-0.3, -0.25) is 9.88 Å². The topological polar surface area (TPSA) is 67.4 Å². The molecule has 0 saturated carbocycles. The van der Waals surface area contributed by atoms with Crippen LogP contribution in [0.15, 0.2) is 49.2 Å². The molecule has 4 aromatic heterocycles. The van der Waals surface area contributed by atoms with Crippen molar-refractivity contribution in [1.82, 2.24) is 34.3 Å². The van der Waals surface area contributed by atoms with Crippen LogP contribution in [0.3, 0.4) is 0 Å². The van der Waals surface area contributed by atoms with Crippen molar-refractivity contribution in [2.45, 2.75) is 44.7 Å². The largest absolute Gasteiger partial charge is 0.364 e. The lowest BCUT2D eigenvalue weighted by molar-refractivity contribution is 0.217. The Bertz CT molecular complexity index is 1300. The molecule has 2 aliphatic rings. The summed E-state index contributed by atoms with van der Waals surface area (Å²) >= 11 is 0. The normalized spacial score (nSPS) is 21.3. The van der Waals surface area contributed by atoms with E-state index in [1.54, 1.807) is 22.0 Å². The molecule has 0 N–H and O–H groups in total. The molecule has 4 aromatic rings. The van der Waals surface area contributed by atoms with Crippen LogP contribution in [0.5, 0.6) is 0 Å². The molecule has 2 saturated heterocycles. The Morgan fingerprint density at radius 2 is 1.74 bits per heavy atom. The summed E-state index contributed by atoms with van der Waals surface area (Å²) in [6.07, 6.45) is 10.3. The molecule has 0 aliphatic carbocycles. The van der Waals surface area contributed by atoms with Crippen LogP contribution in [-0.2, 0) is 13.1 Å². The van der Waals surface area contributed by atoms with Gasteiger partial charge in [-0.15, -0.1) is 5.10 Å². The van der Waals surface area contributed by atoms with Gasteiger partial charge in [0.2, 0.25) is 0 Å². The Hall–Kier alpha value is -3.40. The van der Waals surface area contributed by atoms with Crippen molar-refractivity contribution in [2.24, 2.45) is 0 Å². The summed E-state index contributed by atoms with van der Waals surface area (Å²) in [6.45, 7) is 3.87. The van der Waals surface area contributed by atoms with Crippen LogP contribution in [-0.4, -0.2) is 72.8 Å². The SMILES string of the molecule is FC1CN(c2cncc(-c3cn(Cc4cn5cc(CN6CCCCC6)ccc5n4)nn3)c2)CC1F. The van der Waals surface area contributed by atoms with Gasteiger partial charge >= 0.3 is 0 Å². The summed E-state index contributed by atoms with van der Waals surface area (Å²) in [5, 5.41) is 8.53. The van der Waals surface area contributed by atoms with Crippen molar-refractivity contribution in [3.8, 4) is 11.3 Å². The molecule has 8 nitrogen and oxygen atoms in total. The fourth-order valence-electron chi connectivity index (χ4n) is 4.99. The molecule has 2 atom stereocenters. The van der Waals surface area contributed by atoms with Gasteiger partial charge in [0, 0.05) is 30.7 Å². The molecular formula is C25H28F2N8. The van der Waals surface area contributed by atoms with E-state index in [-0.39, 0.29) is 13.1 Å². The summed E-state index contributed by atoms with van der Waals surface area (Å²) in [7, 11) is 0. The third kappa shape index (κ3) is 4.75. The number of hydrogen-bond donors (Lipinski definition) is 0. The lowest BCUT2D eigenvalue weighted by Gasteiger charge is -2.26. The van der Waals surface area contributed by atoms with E-state index in [4.69, 9.17) is 4.98 Å². The van der Waals surface area contributed by atoms with Crippen LogP contribution in [0.2, 0.25) is 0 Å². The third-order valence-corrected chi connectivity index (χ3v) is 6.85. The quantitative estimate of drug-likeness (QED) is 0.423. The maximum absolute atomic E-state index is 13.6. The van der Waals surface area contributed by atoms with Gasteiger partial charge in [-0.25, -0.2) is 18.4 Å². The van der Waals surface area contributed by atoms with E-state index in [9.17, 15) is 8.78 Å². The first-order chi connectivity index (χ1) is 17.1. The summed E-state index contributed by atoms with van der Waals surface area (Å²) in [5.41, 5.74) is 5.17. The van der Waals surface area contributed by atoms with Gasteiger partial charge in [0.25, 0.3) is 0 Å². The zero-order chi connectivity index (χ0) is 23.8. The van der Waals surface area contributed by atoms with E-state index >= 15 is 0 Å². The van der Waals surface area contributed by atoms with Crippen molar-refractivity contribution in [1.29, 1.82) is 0 Å². The van der Waals surface area contributed by atoms with E-state index in [1.165, 1.54) is 37.9 Å². The number of rotatable bonds is 6. The average Bonchev–Trinajstić information content (AvgIpc) is 3.59. The molecule has 6 heterocycles. The Morgan fingerprint density at radius 3 is 2.57 bits per heavy atom. The highest BCUT2D eigenvalue weighted by Crippen LogP contribution is 2.27. The van der Waals surface area contributed by atoms with Gasteiger partial charge in [-0.1, -0.05) is 17.7 Å². The molecule has 0 aromatic carbocycles. The number of fused-ring (bicyclic) bond motifs is 1. The second-order valence-electron chi connectivity index (χ2n) is 9.54. The molecule has 2 aliphatic heterocycles. The molecule has 0 spiro atoms. The van der Waals surface area contributed by atoms with E-state index < -0.39 is 12.3 Å². The van der Waals surface area contributed by atoms with Gasteiger partial charge < -0.3 is 9.30 Å². The van der Waals surface area contributed by atoms with Crippen LogP contribution in [0.4, 0.5) is 14.5 Å². The van der Waals surface area contributed by atoms with Gasteiger partial charge in [0.05, 0.1) is 43.4 Å². The highest BCUT2D eigenvalue weighted by molar-refractivity contribution is 5.63. The first-order valence-corrected chi connectivity index (χ1v) is 12.2. The molecule has 0 bridgehead atoms. The second kappa shape index (κ2) is 9.33. The number of anilines is 1. The Kier molecular flexibility index (Phi) is 5.89. The number of alkyl halides is 2. The molecule has 0 amide bonds. The maximum atomic E-state index is 13.6. The molecule has 6 rings (SSSR count). The molecule has 10 heteroatoms. The highest BCUT2D eigenvalue weighted by Gasteiger charge is 2.33. The van der Waals surface area contributed by atoms with Crippen molar-refractivity contribution in [3.63, 3.8) is 0 Å². The van der Waals surface area contributed by atoms with Gasteiger partial charge in [0.1, 0.15) is 11.3 Å². The minimum atomic E-state index is -1.47. The van der Waals surface area contributed by atoms with Crippen molar-refractivity contribution in [3.05, 3.63) is 60.4 Å². The number of nitrogens with zero attached hydrogens (tertiary/aromatic N) is 8. The maximum Gasteiger partial charge on any atom is 0.150 e. The fourth-order valence-corrected chi connectivity index (χ4v) is 4.99. The smallest absolute Gasteiger partial charge is 0.150 e. The van der Waals surface area contributed by atoms with Gasteiger partial charge in [-0.05, 0) is 43.6 Å². The number of piperidine rings is 1. The monoisotopic (exact) mass is 478 g/mol. The standard InChI is InChI=1S/C25H28F2N8/c26-22-15-33(16-23(22)27)21-8-19(9-28-10-21)24-17-35(31-30-24)14-20-13-34-12-18(4-5-25(34)29-20)11-32-6-2-1-3-7-32/h4-5,8-10,12-13,17,22-23H,1-3,6-7,11,14-16H2. The summed E-state index contributed by atoms with van der Waals surface area (Å²) in [5.74, 6) is 0. The van der Waals surface area contributed by atoms with Crippen LogP contribution < -0.4 is 4.90 Å². The molecule has 2 unspecified atom stereocenters. The number of hydrogen-bond acceptors (Lipinski definition) is 6. The second-order valence-corrected chi connectivity index (χ2v) is 9.54. The number of aromatic nitrogens is 6. The number of likely N-dealkylation sites (tertiary alicyclic amines) is 1. The zero-order valence-corrected chi connectivity index (χ0v) is 19.5. The first-order valence-electron chi connectivity index (χ1n) is 12.2. The Labute approximate surface area is 202 Å². The van der Waals surface area contributed by atoms with E-state index in [2.05, 4.69) is 42.9 Å². The van der Waals surface area contributed by atoms with E-state index in [0.717, 1.165) is 23.4 Å². The molecule has 2 fully saturated rings. The predicted molar refractivity (Wildman–Crippen MR) is 129 cm³/mol. The van der Waals surface area contributed by atoms with Crippen LogP contribution >= 0.6 is 0 Å². The third-order valence-electron chi connectivity index (χ3n) is 6.85. The van der Waals surface area contributed by atoms with E-state index in [0.29, 0.717) is 17.9 Å². The lowest BCUT2D eigenvalue weighted by Crippen LogP contribution is -2.29. The van der Waals surface area contributed by atoms with Crippen LogP contribution in [0.25, 0.3) is 16.9 Å². The molecule has 35 heavy (non-hydrogen) atoms. The highest BCUT2D eigenvalue weighted by atomic mass is 19.2. The number of pyridine rings is 2. The summed E-state index contributed by atoms with van der Waals surface area (Å²) in [6, 6.07) is 6.07. The van der Waals surface area contributed by atoms with Crippen molar-refractivity contribution >= 4 is 11.3 Å². The zero-order valence-electron chi connectivity index (χ0n) is 19.5. The molecule has 0 radical (unpaired) electrons. The van der Waals surface area contributed by atoms with Gasteiger partial charge in [0.15, 0.2) is 12.3 Å². The minimum absolute atomic E-state index is 0.0343. The Balaban J connectivity index is 1.15. The lowest BCUT2D eigenvalue weighted by atomic mass is 10.1. The molecular weight excluding hydrogens is 450 g/mol. The van der Waals surface area contributed by atoms with Crippen LogP contribution in [0.1, 0.15) is 30.5 Å². The number of halogens is 2. The molecule has 182 valence electrons. The minimum Gasteiger partial charge on any atom is -0.364 e. The summed E-state index contributed by atoms with van der Waals surface area (Å²) < 4.78 is 31.1. The number of imidazole rings is 1.